The Labute approximate surface area is 100 Å². The number of carbonyl (C=O) groups excluding carboxylic acids is 2. The Kier molecular flexibility index (Phi) is 3.09. The van der Waals surface area contributed by atoms with Gasteiger partial charge in [0.1, 0.15) is 0 Å². The van der Waals surface area contributed by atoms with Crippen molar-refractivity contribution in [1.29, 1.82) is 0 Å². The molecule has 0 saturated heterocycles. The lowest BCUT2D eigenvalue weighted by atomic mass is 9.88. The van der Waals surface area contributed by atoms with E-state index in [1.165, 1.54) is 13.2 Å². The van der Waals surface area contributed by atoms with Crippen LogP contribution in [0.3, 0.4) is 0 Å². The van der Waals surface area contributed by atoms with Crippen LogP contribution in [0.15, 0.2) is 36.9 Å². The Morgan fingerprint density at radius 3 is 2.76 bits per heavy atom. The Morgan fingerprint density at radius 1 is 1.41 bits per heavy atom. The van der Waals surface area contributed by atoms with E-state index in [2.05, 4.69) is 6.58 Å². The number of ether oxygens (including phenoxy) is 1. The van der Waals surface area contributed by atoms with Gasteiger partial charge in [0.15, 0.2) is 5.78 Å². The van der Waals surface area contributed by atoms with Crippen molar-refractivity contribution in [2.45, 2.75) is 12.3 Å². The molecule has 3 heteroatoms. The number of hydrogen-bond donors (Lipinski definition) is 0. The number of ketones is 1. The standard InChI is InChI=1S/C14H14O3/c1-3-12(15)13-10-7-5-4-6-9(10)8-11(13)14(16)17-2/h3-7,11,13H,1,8H2,2H3. The molecule has 1 aliphatic rings. The first-order valence-corrected chi connectivity index (χ1v) is 5.51. The Hall–Kier alpha value is -1.90. The molecule has 2 atom stereocenters. The lowest BCUT2D eigenvalue weighted by Gasteiger charge is -2.15. The fourth-order valence-corrected chi connectivity index (χ4v) is 2.44. The Morgan fingerprint density at radius 2 is 2.12 bits per heavy atom. The van der Waals surface area contributed by atoms with Crippen LogP contribution in [0.25, 0.3) is 0 Å². The summed E-state index contributed by atoms with van der Waals surface area (Å²) in [6.45, 7) is 3.50. The average Bonchev–Trinajstić information content (AvgIpc) is 2.76. The van der Waals surface area contributed by atoms with Crippen LogP contribution in [-0.2, 0) is 20.7 Å². The number of carbonyl (C=O) groups is 2. The van der Waals surface area contributed by atoms with Crippen LogP contribution in [0.5, 0.6) is 0 Å². The summed E-state index contributed by atoms with van der Waals surface area (Å²) in [6.07, 6.45) is 1.84. The van der Waals surface area contributed by atoms with Gasteiger partial charge in [-0.25, -0.2) is 0 Å². The van der Waals surface area contributed by atoms with Gasteiger partial charge in [0.25, 0.3) is 0 Å². The zero-order valence-corrected chi connectivity index (χ0v) is 9.68. The maximum absolute atomic E-state index is 11.9. The van der Waals surface area contributed by atoms with E-state index in [0.29, 0.717) is 6.42 Å². The summed E-state index contributed by atoms with van der Waals surface area (Å²) >= 11 is 0. The van der Waals surface area contributed by atoms with E-state index in [0.717, 1.165) is 11.1 Å². The number of esters is 1. The third-order valence-electron chi connectivity index (χ3n) is 3.24. The van der Waals surface area contributed by atoms with Gasteiger partial charge in [-0.3, -0.25) is 9.59 Å². The van der Waals surface area contributed by atoms with E-state index in [-0.39, 0.29) is 11.8 Å². The van der Waals surface area contributed by atoms with Gasteiger partial charge < -0.3 is 4.74 Å². The number of allylic oxidation sites excluding steroid dienone is 1. The van der Waals surface area contributed by atoms with E-state index in [4.69, 9.17) is 4.74 Å². The summed E-state index contributed by atoms with van der Waals surface area (Å²) in [5, 5.41) is 0. The lowest BCUT2D eigenvalue weighted by Crippen LogP contribution is -2.25. The molecule has 0 fully saturated rings. The summed E-state index contributed by atoms with van der Waals surface area (Å²) in [6, 6.07) is 7.63. The average molecular weight is 230 g/mol. The molecule has 0 radical (unpaired) electrons. The fourth-order valence-electron chi connectivity index (χ4n) is 2.44. The molecule has 2 unspecified atom stereocenters. The van der Waals surface area contributed by atoms with E-state index >= 15 is 0 Å². The van der Waals surface area contributed by atoms with Gasteiger partial charge in [-0.05, 0) is 23.6 Å². The minimum absolute atomic E-state index is 0.120. The summed E-state index contributed by atoms with van der Waals surface area (Å²) in [5.41, 5.74) is 1.97. The van der Waals surface area contributed by atoms with Crippen LogP contribution in [0.2, 0.25) is 0 Å². The molecule has 0 N–H and O–H groups in total. The van der Waals surface area contributed by atoms with E-state index in [1.807, 2.05) is 24.3 Å². The molecule has 88 valence electrons. The topological polar surface area (TPSA) is 43.4 Å². The molecule has 1 aromatic carbocycles. The SMILES string of the molecule is C=CC(=O)C1c2ccccc2CC1C(=O)OC. The molecule has 3 nitrogen and oxygen atoms in total. The van der Waals surface area contributed by atoms with Gasteiger partial charge in [-0.15, -0.1) is 0 Å². The molecule has 1 aliphatic carbocycles. The van der Waals surface area contributed by atoms with Crippen molar-refractivity contribution in [2.24, 2.45) is 5.92 Å². The molecule has 1 aromatic rings. The van der Waals surface area contributed by atoms with Crippen molar-refractivity contribution in [1.82, 2.24) is 0 Å². The first-order chi connectivity index (χ1) is 8.19. The van der Waals surface area contributed by atoms with Crippen molar-refractivity contribution in [3.8, 4) is 0 Å². The molecule has 0 spiro atoms. The van der Waals surface area contributed by atoms with Crippen LogP contribution < -0.4 is 0 Å². The normalized spacial score (nSPS) is 21.7. The molecule has 0 bridgehead atoms. The van der Waals surface area contributed by atoms with Crippen LogP contribution in [0, 0.1) is 5.92 Å². The molecule has 2 rings (SSSR count). The minimum Gasteiger partial charge on any atom is -0.469 e. The van der Waals surface area contributed by atoms with Gasteiger partial charge in [0, 0.05) is 0 Å². The number of fused-ring (bicyclic) bond motifs is 1. The van der Waals surface area contributed by atoms with Gasteiger partial charge in [0.2, 0.25) is 0 Å². The molecule has 0 aliphatic heterocycles. The maximum Gasteiger partial charge on any atom is 0.310 e. The highest BCUT2D eigenvalue weighted by Crippen LogP contribution is 2.39. The van der Waals surface area contributed by atoms with E-state index in [1.54, 1.807) is 0 Å². The summed E-state index contributed by atoms with van der Waals surface area (Å²) in [4.78, 5) is 23.6. The van der Waals surface area contributed by atoms with E-state index < -0.39 is 11.8 Å². The van der Waals surface area contributed by atoms with Crippen LogP contribution in [-0.4, -0.2) is 18.9 Å². The molecular weight excluding hydrogens is 216 g/mol. The monoisotopic (exact) mass is 230 g/mol. The van der Waals surface area contributed by atoms with Crippen molar-refractivity contribution < 1.29 is 14.3 Å². The third-order valence-corrected chi connectivity index (χ3v) is 3.24. The van der Waals surface area contributed by atoms with Crippen molar-refractivity contribution in [3.63, 3.8) is 0 Å². The highest BCUT2D eigenvalue weighted by atomic mass is 16.5. The predicted octanol–water partition coefficient (Wildman–Crippen LogP) is 1.87. The second-order valence-corrected chi connectivity index (χ2v) is 4.12. The summed E-state index contributed by atoms with van der Waals surface area (Å²) < 4.78 is 4.76. The van der Waals surface area contributed by atoms with Gasteiger partial charge in [-0.1, -0.05) is 30.8 Å². The second-order valence-electron chi connectivity index (χ2n) is 4.12. The summed E-state index contributed by atoms with van der Waals surface area (Å²) in [7, 11) is 1.35. The van der Waals surface area contributed by atoms with Gasteiger partial charge in [-0.2, -0.15) is 0 Å². The van der Waals surface area contributed by atoms with Crippen molar-refractivity contribution in [2.75, 3.05) is 7.11 Å². The molecule has 0 heterocycles. The molecule has 17 heavy (non-hydrogen) atoms. The Balaban J connectivity index is 2.43. The van der Waals surface area contributed by atoms with E-state index in [9.17, 15) is 9.59 Å². The van der Waals surface area contributed by atoms with Crippen LogP contribution >= 0.6 is 0 Å². The zero-order chi connectivity index (χ0) is 12.4. The number of methoxy groups -OCH3 is 1. The highest BCUT2D eigenvalue weighted by molar-refractivity contribution is 5.99. The molecular formula is C14H14O3. The predicted molar refractivity (Wildman–Crippen MR) is 63.6 cm³/mol. The van der Waals surface area contributed by atoms with Crippen molar-refractivity contribution in [3.05, 3.63) is 48.0 Å². The highest BCUT2D eigenvalue weighted by Gasteiger charge is 2.40. The molecule has 0 amide bonds. The first kappa shape index (κ1) is 11.6. The second kappa shape index (κ2) is 4.53. The number of benzene rings is 1. The first-order valence-electron chi connectivity index (χ1n) is 5.51. The largest absolute Gasteiger partial charge is 0.469 e. The van der Waals surface area contributed by atoms with Crippen LogP contribution in [0.1, 0.15) is 17.0 Å². The number of rotatable bonds is 3. The molecule has 0 saturated carbocycles. The fraction of sp³-hybridized carbons (Fsp3) is 0.286. The maximum atomic E-state index is 11.9. The van der Waals surface area contributed by atoms with Gasteiger partial charge >= 0.3 is 5.97 Å². The lowest BCUT2D eigenvalue weighted by molar-refractivity contribution is -0.147. The Bertz CT molecular complexity index is 476. The van der Waals surface area contributed by atoms with Crippen LogP contribution in [0.4, 0.5) is 0 Å². The van der Waals surface area contributed by atoms with Gasteiger partial charge in [0.05, 0.1) is 18.9 Å². The number of hydrogen-bond acceptors (Lipinski definition) is 3. The quantitative estimate of drug-likeness (QED) is 0.588. The zero-order valence-electron chi connectivity index (χ0n) is 9.68. The smallest absolute Gasteiger partial charge is 0.310 e. The van der Waals surface area contributed by atoms with Crippen molar-refractivity contribution >= 4 is 11.8 Å². The minimum atomic E-state index is -0.434. The summed E-state index contributed by atoms with van der Waals surface area (Å²) in [5.74, 6) is -1.30. The molecule has 0 aromatic heterocycles. The third kappa shape index (κ3) is 1.88.